The number of carbonyl (C=O) groups is 1. The lowest BCUT2D eigenvalue weighted by atomic mass is 10.1. The number of nitrogens with zero attached hydrogens (tertiary/aromatic N) is 1. The smallest absolute Gasteiger partial charge is 0.248 e. The summed E-state index contributed by atoms with van der Waals surface area (Å²) in [5.74, 6) is -0.242. The molecular weight excluding hydrogens is 376 g/mol. The van der Waals surface area contributed by atoms with Crippen molar-refractivity contribution in [3.05, 3.63) is 65.2 Å². The number of sulfonamides is 1. The number of aryl methyl sites for hydroxylation is 2. The summed E-state index contributed by atoms with van der Waals surface area (Å²) in [6.07, 6.45) is 3.09. The number of hydrogen-bond acceptors (Lipinski definition) is 4. The lowest BCUT2D eigenvalue weighted by Crippen LogP contribution is -2.40. The van der Waals surface area contributed by atoms with E-state index >= 15 is 0 Å². The van der Waals surface area contributed by atoms with Gasteiger partial charge in [-0.25, -0.2) is 8.42 Å². The Hall–Kier alpha value is -2.48. The third-order valence-electron chi connectivity index (χ3n) is 4.69. The van der Waals surface area contributed by atoms with Crippen molar-refractivity contribution in [1.29, 1.82) is 0 Å². The average molecular weight is 401 g/mol. The Labute approximate surface area is 165 Å². The van der Waals surface area contributed by atoms with Crippen LogP contribution in [0.5, 0.6) is 0 Å². The summed E-state index contributed by atoms with van der Waals surface area (Å²) < 4.78 is 31.8. The summed E-state index contributed by atoms with van der Waals surface area (Å²) in [6, 6.07) is 12.2. The van der Waals surface area contributed by atoms with Gasteiger partial charge < -0.3 is 10.1 Å². The third kappa shape index (κ3) is 4.86. The fraction of sp³-hybridized carbons (Fsp3) is 0.286. The Balaban J connectivity index is 1.64. The molecule has 0 radical (unpaired) electrons. The predicted octanol–water partition coefficient (Wildman–Crippen LogP) is 2.98. The molecule has 1 heterocycles. The van der Waals surface area contributed by atoms with Crippen molar-refractivity contribution in [2.24, 2.45) is 0 Å². The molecule has 2 aromatic carbocycles. The number of carbonyl (C=O) groups excluding carboxylic acids is 1. The SMILES string of the molecule is Cc1ccc(NC(=O)C=Cc2ccc(S(=O)(=O)N3CCOCC3)cc2)cc1C. The van der Waals surface area contributed by atoms with Gasteiger partial charge in [0.25, 0.3) is 0 Å². The van der Waals surface area contributed by atoms with E-state index in [1.165, 1.54) is 15.9 Å². The van der Waals surface area contributed by atoms with Gasteiger partial charge in [-0.1, -0.05) is 18.2 Å². The molecule has 28 heavy (non-hydrogen) atoms. The summed E-state index contributed by atoms with van der Waals surface area (Å²) in [5, 5.41) is 2.82. The predicted molar refractivity (Wildman–Crippen MR) is 110 cm³/mol. The maximum atomic E-state index is 12.6. The molecule has 7 heteroatoms. The second-order valence-electron chi connectivity index (χ2n) is 6.71. The van der Waals surface area contributed by atoms with E-state index < -0.39 is 10.0 Å². The summed E-state index contributed by atoms with van der Waals surface area (Å²) >= 11 is 0. The van der Waals surface area contributed by atoms with E-state index in [0.717, 1.165) is 16.8 Å². The highest BCUT2D eigenvalue weighted by Crippen LogP contribution is 2.18. The molecule has 1 saturated heterocycles. The van der Waals surface area contributed by atoms with Gasteiger partial charge >= 0.3 is 0 Å². The van der Waals surface area contributed by atoms with Gasteiger partial charge in [0.2, 0.25) is 15.9 Å². The van der Waals surface area contributed by atoms with Crippen LogP contribution in [0.15, 0.2) is 53.4 Å². The highest BCUT2D eigenvalue weighted by atomic mass is 32.2. The quantitative estimate of drug-likeness (QED) is 0.783. The van der Waals surface area contributed by atoms with E-state index in [2.05, 4.69) is 5.32 Å². The molecule has 1 aliphatic heterocycles. The van der Waals surface area contributed by atoms with Gasteiger partial charge in [0.05, 0.1) is 18.1 Å². The number of ether oxygens (including phenoxy) is 1. The molecule has 0 bridgehead atoms. The lowest BCUT2D eigenvalue weighted by Gasteiger charge is -2.26. The van der Waals surface area contributed by atoms with Gasteiger partial charge in [0, 0.05) is 24.9 Å². The van der Waals surface area contributed by atoms with Crippen LogP contribution in [0.2, 0.25) is 0 Å². The Morgan fingerprint density at radius 1 is 1.04 bits per heavy atom. The first kappa shape index (κ1) is 20.3. The molecular formula is C21H24N2O4S. The first-order chi connectivity index (χ1) is 13.4. The average Bonchev–Trinajstić information content (AvgIpc) is 2.70. The molecule has 0 atom stereocenters. The maximum Gasteiger partial charge on any atom is 0.248 e. The normalized spacial score (nSPS) is 15.6. The first-order valence-corrected chi connectivity index (χ1v) is 10.5. The zero-order chi connectivity index (χ0) is 20.1. The number of nitrogens with one attached hydrogen (secondary N) is 1. The van der Waals surface area contributed by atoms with Crippen LogP contribution in [0.4, 0.5) is 5.69 Å². The molecule has 1 amide bonds. The van der Waals surface area contributed by atoms with Crippen LogP contribution in [0.3, 0.4) is 0 Å². The van der Waals surface area contributed by atoms with E-state index in [-0.39, 0.29) is 10.8 Å². The van der Waals surface area contributed by atoms with Crippen molar-refractivity contribution in [1.82, 2.24) is 4.31 Å². The minimum absolute atomic E-state index is 0.242. The zero-order valence-electron chi connectivity index (χ0n) is 16.0. The van der Waals surface area contributed by atoms with Crippen LogP contribution < -0.4 is 5.32 Å². The second kappa shape index (κ2) is 8.68. The number of anilines is 1. The molecule has 0 aliphatic carbocycles. The van der Waals surface area contributed by atoms with Crippen molar-refractivity contribution in [2.75, 3.05) is 31.6 Å². The summed E-state index contributed by atoms with van der Waals surface area (Å²) in [4.78, 5) is 12.3. The Morgan fingerprint density at radius 3 is 2.36 bits per heavy atom. The molecule has 1 aliphatic rings. The molecule has 148 valence electrons. The number of rotatable bonds is 5. The van der Waals surface area contributed by atoms with Gasteiger partial charge in [-0.3, -0.25) is 4.79 Å². The summed E-state index contributed by atoms with van der Waals surface area (Å²) in [5.41, 5.74) is 3.76. The van der Waals surface area contributed by atoms with Crippen LogP contribution in [0, 0.1) is 13.8 Å². The Morgan fingerprint density at radius 2 is 1.71 bits per heavy atom. The van der Waals surface area contributed by atoms with Gasteiger partial charge in [-0.15, -0.1) is 0 Å². The fourth-order valence-corrected chi connectivity index (χ4v) is 4.27. The molecule has 0 aromatic heterocycles. The summed E-state index contributed by atoms with van der Waals surface area (Å²) in [6.45, 7) is 5.56. The minimum Gasteiger partial charge on any atom is -0.379 e. The number of amides is 1. The molecule has 3 rings (SSSR count). The van der Waals surface area contributed by atoms with Crippen LogP contribution in [-0.4, -0.2) is 44.9 Å². The second-order valence-corrected chi connectivity index (χ2v) is 8.65. The third-order valence-corrected chi connectivity index (χ3v) is 6.60. The van der Waals surface area contributed by atoms with Gasteiger partial charge in [0.1, 0.15) is 0 Å². The van der Waals surface area contributed by atoms with Crippen molar-refractivity contribution in [2.45, 2.75) is 18.7 Å². The molecule has 0 spiro atoms. The highest BCUT2D eigenvalue weighted by molar-refractivity contribution is 7.89. The summed E-state index contributed by atoms with van der Waals surface area (Å²) in [7, 11) is -3.51. The van der Waals surface area contributed by atoms with E-state index in [0.29, 0.717) is 26.3 Å². The highest BCUT2D eigenvalue weighted by Gasteiger charge is 2.25. The zero-order valence-corrected chi connectivity index (χ0v) is 16.8. The van der Waals surface area contributed by atoms with Crippen molar-refractivity contribution in [3.63, 3.8) is 0 Å². The van der Waals surface area contributed by atoms with Crippen molar-refractivity contribution >= 4 is 27.7 Å². The van der Waals surface area contributed by atoms with Crippen LogP contribution in [0.1, 0.15) is 16.7 Å². The fourth-order valence-electron chi connectivity index (χ4n) is 2.86. The monoisotopic (exact) mass is 400 g/mol. The van der Waals surface area contributed by atoms with Crippen LogP contribution in [0.25, 0.3) is 6.08 Å². The van der Waals surface area contributed by atoms with Crippen LogP contribution >= 0.6 is 0 Å². The largest absolute Gasteiger partial charge is 0.379 e. The van der Waals surface area contributed by atoms with Crippen molar-refractivity contribution < 1.29 is 17.9 Å². The van der Waals surface area contributed by atoms with Gasteiger partial charge in [-0.05, 0) is 60.9 Å². The Kier molecular flexibility index (Phi) is 6.28. The molecule has 1 fully saturated rings. The lowest BCUT2D eigenvalue weighted by molar-refractivity contribution is -0.111. The minimum atomic E-state index is -3.51. The number of morpholine rings is 1. The van der Waals surface area contributed by atoms with Crippen LogP contribution in [-0.2, 0) is 19.6 Å². The van der Waals surface area contributed by atoms with E-state index in [9.17, 15) is 13.2 Å². The van der Waals surface area contributed by atoms with Gasteiger partial charge in [0.15, 0.2) is 0 Å². The van der Waals surface area contributed by atoms with E-state index in [1.54, 1.807) is 30.3 Å². The van der Waals surface area contributed by atoms with Crippen molar-refractivity contribution in [3.8, 4) is 0 Å². The first-order valence-electron chi connectivity index (χ1n) is 9.10. The molecule has 0 unspecified atom stereocenters. The maximum absolute atomic E-state index is 12.6. The van der Waals surface area contributed by atoms with Gasteiger partial charge in [-0.2, -0.15) is 4.31 Å². The van der Waals surface area contributed by atoms with E-state index in [4.69, 9.17) is 4.74 Å². The molecule has 2 aromatic rings. The molecule has 6 nitrogen and oxygen atoms in total. The number of benzene rings is 2. The topological polar surface area (TPSA) is 75.7 Å². The molecule has 1 N–H and O–H groups in total. The standard InChI is InChI=1S/C21H24N2O4S/c1-16-3-7-19(15-17(16)2)22-21(24)10-6-18-4-8-20(9-5-18)28(25,26)23-11-13-27-14-12-23/h3-10,15H,11-14H2,1-2H3,(H,22,24). The Bertz CT molecular complexity index is 976. The van der Waals surface area contributed by atoms with E-state index in [1.807, 2.05) is 32.0 Å². The molecule has 0 saturated carbocycles. The number of hydrogen-bond donors (Lipinski definition) is 1.